The lowest BCUT2D eigenvalue weighted by atomic mass is 9.83. The Kier molecular flexibility index (Phi) is 5.98. The molecule has 3 aliphatic heterocycles. The van der Waals surface area contributed by atoms with E-state index in [1.54, 1.807) is 12.1 Å². The van der Waals surface area contributed by atoms with Crippen LogP contribution in [0.2, 0.25) is 0 Å². The minimum absolute atomic E-state index is 0.0458. The first-order valence-corrected chi connectivity index (χ1v) is 12.1. The molecule has 3 saturated heterocycles. The number of amides is 1. The highest BCUT2D eigenvalue weighted by Crippen LogP contribution is 2.37. The highest BCUT2D eigenvalue weighted by molar-refractivity contribution is 7.10. The Hall–Kier alpha value is -2.70. The number of benzene rings is 2. The number of alkyl carbamates (subject to hydrolysis) is 1. The Morgan fingerprint density at radius 3 is 2.56 bits per heavy atom. The van der Waals surface area contributed by atoms with Crippen molar-refractivity contribution in [2.75, 3.05) is 19.6 Å². The van der Waals surface area contributed by atoms with Crippen LogP contribution in [0, 0.1) is 11.7 Å². The Morgan fingerprint density at radius 1 is 1.03 bits per heavy atom. The summed E-state index contributed by atoms with van der Waals surface area (Å²) in [7, 11) is 0. The molecule has 4 heterocycles. The molecule has 1 amide bonds. The first-order chi connectivity index (χ1) is 15.6. The third-order valence-electron chi connectivity index (χ3n) is 6.96. The van der Waals surface area contributed by atoms with E-state index in [9.17, 15) is 9.18 Å². The summed E-state index contributed by atoms with van der Waals surface area (Å²) in [4.78, 5) is 13.6. The van der Waals surface area contributed by atoms with E-state index in [-0.39, 0.29) is 18.0 Å². The molecule has 1 N–H and O–H groups in total. The van der Waals surface area contributed by atoms with Gasteiger partial charge in [0.05, 0.1) is 19.6 Å². The number of hydrogen-bond donors (Lipinski definition) is 1. The number of quaternary nitrogens is 1. The van der Waals surface area contributed by atoms with Crippen LogP contribution in [0.1, 0.15) is 23.3 Å². The van der Waals surface area contributed by atoms with Crippen LogP contribution in [0.15, 0.2) is 66.0 Å². The van der Waals surface area contributed by atoms with E-state index in [2.05, 4.69) is 29.6 Å². The van der Waals surface area contributed by atoms with Gasteiger partial charge in [-0.3, -0.25) is 0 Å². The van der Waals surface area contributed by atoms with E-state index in [4.69, 9.17) is 4.74 Å². The molecule has 1 atom stereocenters. The smallest absolute Gasteiger partial charge is 0.407 e. The summed E-state index contributed by atoms with van der Waals surface area (Å²) in [5.74, 6) is 0.196. The van der Waals surface area contributed by atoms with Crippen molar-refractivity contribution in [2.45, 2.75) is 32.0 Å². The van der Waals surface area contributed by atoms with Crippen molar-refractivity contribution in [3.63, 3.8) is 0 Å². The molecule has 0 spiro atoms. The van der Waals surface area contributed by atoms with Crippen molar-refractivity contribution in [1.29, 1.82) is 0 Å². The Balaban J connectivity index is 1.20. The van der Waals surface area contributed by atoms with E-state index in [0.29, 0.717) is 18.0 Å². The molecule has 0 saturated carbocycles. The van der Waals surface area contributed by atoms with E-state index in [1.807, 2.05) is 23.6 Å². The van der Waals surface area contributed by atoms with Gasteiger partial charge in [-0.05, 0) is 17.5 Å². The molecule has 2 bridgehead atoms. The third kappa shape index (κ3) is 4.43. The van der Waals surface area contributed by atoms with E-state index >= 15 is 0 Å². The molecule has 0 radical (unpaired) electrons. The SMILES string of the molecule is O=C(NCc1sccc1-c1ccccc1F)OC1C[N+]2(Cc3ccccc3)CCC1CC2. The van der Waals surface area contributed by atoms with Gasteiger partial charge in [-0.15, -0.1) is 11.3 Å². The summed E-state index contributed by atoms with van der Waals surface area (Å²) in [5, 5.41) is 4.83. The van der Waals surface area contributed by atoms with Crippen molar-refractivity contribution in [3.05, 3.63) is 82.3 Å². The second kappa shape index (κ2) is 9.04. The number of halogens is 1. The molecule has 3 fully saturated rings. The normalized spacial score (nSPS) is 24.3. The molecular formula is C26H28FN2O2S+. The van der Waals surface area contributed by atoms with Crippen molar-refractivity contribution in [2.24, 2.45) is 5.92 Å². The maximum Gasteiger partial charge on any atom is 0.407 e. The number of nitrogens with one attached hydrogen (secondary N) is 1. The summed E-state index contributed by atoms with van der Waals surface area (Å²) in [6.45, 7) is 4.52. The second-order valence-electron chi connectivity index (χ2n) is 8.99. The van der Waals surface area contributed by atoms with Gasteiger partial charge in [0.2, 0.25) is 0 Å². The number of piperidine rings is 3. The summed E-state index contributed by atoms with van der Waals surface area (Å²) >= 11 is 1.51. The van der Waals surface area contributed by atoms with Gasteiger partial charge in [-0.2, -0.15) is 0 Å². The first kappa shape index (κ1) is 21.2. The molecule has 6 rings (SSSR count). The summed E-state index contributed by atoms with van der Waals surface area (Å²) < 4.78 is 21.1. The minimum atomic E-state index is -0.380. The van der Waals surface area contributed by atoms with E-state index < -0.39 is 0 Å². The van der Waals surface area contributed by atoms with Crippen LogP contribution in [-0.2, 0) is 17.8 Å². The van der Waals surface area contributed by atoms with Crippen molar-refractivity contribution >= 4 is 17.4 Å². The van der Waals surface area contributed by atoms with Crippen molar-refractivity contribution < 1.29 is 18.4 Å². The van der Waals surface area contributed by atoms with Crippen LogP contribution in [0.3, 0.4) is 0 Å². The molecular weight excluding hydrogens is 423 g/mol. The van der Waals surface area contributed by atoms with Gasteiger partial charge in [-0.1, -0.05) is 48.5 Å². The highest BCUT2D eigenvalue weighted by atomic mass is 32.1. The largest absolute Gasteiger partial charge is 0.440 e. The molecule has 166 valence electrons. The van der Waals surface area contributed by atoms with Gasteiger partial charge < -0.3 is 14.5 Å². The fourth-order valence-corrected chi connectivity index (χ4v) is 6.11. The average Bonchev–Trinajstić information content (AvgIpc) is 3.27. The Bertz CT molecular complexity index is 1080. The molecule has 3 aromatic rings. The number of ether oxygens (including phenoxy) is 1. The van der Waals surface area contributed by atoms with Crippen molar-refractivity contribution in [1.82, 2.24) is 5.32 Å². The number of thiophene rings is 1. The van der Waals surface area contributed by atoms with Crippen LogP contribution in [0.4, 0.5) is 9.18 Å². The molecule has 3 aliphatic rings. The van der Waals surface area contributed by atoms with E-state index in [0.717, 1.165) is 53.9 Å². The molecule has 32 heavy (non-hydrogen) atoms. The minimum Gasteiger partial charge on any atom is -0.440 e. The van der Waals surface area contributed by atoms with Gasteiger partial charge >= 0.3 is 6.09 Å². The summed E-state index contributed by atoms with van der Waals surface area (Å²) in [6.07, 6.45) is 1.78. The Labute approximate surface area is 192 Å². The fourth-order valence-electron chi connectivity index (χ4n) is 5.28. The standard InChI is InChI=1S/C26H27FN2O2S/c27-23-9-5-4-8-21(23)22-12-15-32-25(22)16-28-26(30)31-24-18-29(13-10-20(24)11-14-29)17-19-6-2-1-3-7-19/h1-9,12,15,20,24H,10-11,13-14,16-18H2/p+1. The van der Waals surface area contributed by atoms with Crippen LogP contribution in [0.25, 0.3) is 11.1 Å². The topological polar surface area (TPSA) is 38.3 Å². The van der Waals surface area contributed by atoms with Gasteiger partial charge in [0.15, 0.2) is 6.10 Å². The summed E-state index contributed by atoms with van der Waals surface area (Å²) in [5.41, 5.74) is 2.72. The van der Waals surface area contributed by atoms with E-state index in [1.165, 1.54) is 23.0 Å². The maximum atomic E-state index is 14.2. The number of hydrogen-bond acceptors (Lipinski definition) is 3. The van der Waals surface area contributed by atoms with Gasteiger partial charge in [0.25, 0.3) is 0 Å². The number of carbonyl (C=O) groups excluding carboxylic acids is 1. The monoisotopic (exact) mass is 451 g/mol. The zero-order valence-electron chi connectivity index (χ0n) is 18.0. The quantitative estimate of drug-likeness (QED) is 0.496. The molecule has 1 aromatic heterocycles. The van der Waals surface area contributed by atoms with Crippen LogP contribution < -0.4 is 5.32 Å². The second-order valence-corrected chi connectivity index (χ2v) is 9.99. The van der Waals surface area contributed by atoms with Crippen LogP contribution in [0.5, 0.6) is 0 Å². The maximum absolute atomic E-state index is 14.2. The van der Waals surface area contributed by atoms with Gasteiger partial charge in [0.1, 0.15) is 18.9 Å². The number of nitrogens with zero attached hydrogens (tertiary/aromatic N) is 1. The predicted octanol–water partition coefficient (Wildman–Crippen LogP) is 5.59. The number of rotatable bonds is 6. The van der Waals surface area contributed by atoms with Gasteiger partial charge in [-0.25, -0.2) is 9.18 Å². The first-order valence-electron chi connectivity index (χ1n) is 11.3. The van der Waals surface area contributed by atoms with Crippen molar-refractivity contribution in [3.8, 4) is 11.1 Å². The zero-order valence-corrected chi connectivity index (χ0v) is 18.8. The fraction of sp³-hybridized carbons (Fsp3) is 0.346. The highest BCUT2D eigenvalue weighted by Gasteiger charge is 2.47. The average molecular weight is 452 g/mol. The van der Waals surface area contributed by atoms with Crippen LogP contribution >= 0.6 is 11.3 Å². The predicted molar refractivity (Wildman–Crippen MR) is 125 cm³/mol. The summed E-state index contributed by atoms with van der Waals surface area (Å²) in [6, 6.07) is 19.2. The number of carbonyl (C=O) groups is 1. The van der Waals surface area contributed by atoms with Gasteiger partial charge in [0, 0.05) is 40.3 Å². The molecule has 2 aromatic carbocycles. The molecule has 0 aliphatic carbocycles. The molecule has 1 unspecified atom stereocenters. The lowest BCUT2D eigenvalue weighted by Crippen LogP contribution is -2.64. The lowest BCUT2D eigenvalue weighted by molar-refractivity contribution is -0.958. The third-order valence-corrected chi connectivity index (χ3v) is 7.88. The molecule has 6 heteroatoms. The molecule has 4 nitrogen and oxygen atoms in total. The van der Waals surface area contributed by atoms with Crippen LogP contribution in [-0.4, -0.2) is 36.3 Å². The zero-order chi connectivity index (χ0) is 22.0. The Morgan fingerprint density at radius 2 is 1.78 bits per heavy atom. The number of fused-ring (bicyclic) bond motifs is 3. The lowest BCUT2D eigenvalue weighted by Gasteiger charge is -2.52.